The van der Waals surface area contributed by atoms with Gasteiger partial charge in [-0.15, -0.1) is 0 Å². The highest BCUT2D eigenvalue weighted by atomic mass is 16.5. The van der Waals surface area contributed by atoms with Gasteiger partial charge in [-0.2, -0.15) is 0 Å². The third-order valence-corrected chi connectivity index (χ3v) is 4.20. The zero-order chi connectivity index (χ0) is 13.3. The van der Waals surface area contributed by atoms with Crippen LogP contribution in [0, 0.1) is 5.92 Å². The number of hydrogen-bond acceptors (Lipinski definition) is 3. The van der Waals surface area contributed by atoms with Crippen LogP contribution in [0.5, 0.6) is 0 Å². The molecule has 2 rings (SSSR count). The number of rotatable bonds is 6. The molecule has 0 aromatic carbocycles. The number of ether oxygens (including phenoxy) is 1. The normalized spacial score (nSPS) is 25.2. The fraction of sp³-hybridized carbons (Fsp3) is 0.933. The standard InChI is InChI=1S/C15H28N2O2/c18-15(12-17-9-3-1-2-4-10-17)16-8-5-6-14-7-11-19-13-14/h14H,1-13H2,(H,16,18)/t14-/m1/s1. The third kappa shape index (κ3) is 5.91. The van der Waals surface area contributed by atoms with Gasteiger partial charge in [0.2, 0.25) is 5.91 Å². The van der Waals surface area contributed by atoms with Gasteiger partial charge < -0.3 is 10.1 Å². The monoisotopic (exact) mass is 268 g/mol. The second-order valence-electron chi connectivity index (χ2n) is 5.91. The van der Waals surface area contributed by atoms with Crippen molar-refractivity contribution in [2.45, 2.75) is 44.9 Å². The van der Waals surface area contributed by atoms with E-state index in [2.05, 4.69) is 10.2 Å². The summed E-state index contributed by atoms with van der Waals surface area (Å²) < 4.78 is 5.35. The highest BCUT2D eigenvalue weighted by Crippen LogP contribution is 2.17. The molecule has 2 fully saturated rings. The molecule has 2 saturated heterocycles. The van der Waals surface area contributed by atoms with Gasteiger partial charge in [0.25, 0.3) is 0 Å². The van der Waals surface area contributed by atoms with Crippen LogP contribution in [0.4, 0.5) is 0 Å². The first kappa shape index (κ1) is 14.8. The number of carbonyl (C=O) groups excluding carboxylic acids is 1. The summed E-state index contributed by atoms with van der Waals surface area (Å²) in [7, 11) is 0. The topological polar surface area (TPSA) is 41.6 Å². The van der Waals surface area contributed by atoms with Gasteiger partial charge in [0, 0.05) is 19.8 Å². The maximum Gasteiger partial charge on any atom is 0.234 e. The SMILES string of the molecule is O=C(CN1CCCCCC1)NCCC[C@@H]1CCOC1. The maximum absolute atomic E-state index is 11.8. The summed E-state index contributed by atoms with van der Waals surface area (Å²) in [6.07, 6.45) is 8.60. The highest BCUT2D eigenvalue weighted by Gasteiger charge is 2.15. The molecule has 110 valence electrons. The molecular weight excluding hydrogens is 240 g/mol. The largest absolute Gasteiger partial charge is 0.381 e. The van der Waals surface area contributed by atoms with Gasteiger partial charge in [-0.3, -0.25) is 9.69 Å². The molecule has 2 aliphatic heterocycles. The lowest BCUT2D eigenvalue weighted by Crippen LogP contribution is -2.38. The first-order valence-electron chi connectivity index (χ1n) is 7.91. The second kappa shape index (κ2) is 8.54. The van der Waals surface area contributed by atoms with Crippen LogP contribution in [-0.4, -0.2) is 50.2 Å². The summed E-state index contributed by atoms with van der Waals surface area (Å²) in [5.41, 5.74) is 0. The number of likely N-dealkylation sites (tertiary alicyclic amines) is 1. The predicted octanol–water partition coefficient (Wildman–Crippen LogP) is 1.80. The maximum atomic E-state index is 11.8. The molecule has 19 heavy (non-hydrogen) atoms. The van der Waals surface area contributed by atoms with Gasteiger partial charge in [0.1, 0.15) is 0 Å². The highest BCUT2D eigenvalue weighted by molar-refractivity contribution is 5.77. The Morgan fingerprint density at radius 1 is 1.21 bits per heavy atom. The number of carbonyl (C=O) groups is 1. The number of nitrogens with zero attached hydrogens (tertiary/aromatic N) is 1. The van der Waals surface area contributed by atoms with Crippen LogP contribution in [0.3, 0.4) is 0 Å². The molecule has 0 unspecified atom stereocenters. The molecule has 1 N–H and O–H groups in total. The van der Waals surface area contributed by atoms with Crippen molar-refractivity contribution in [1.82, 2.24) is 10.2 Å². The molecular formula is C15H28N2O2. The molecule has 2 aliphatic rings. The van der Waals surface area contributed by atoms with Gasteiger partial charge in [-0.25, -0.2) is 0 Å². The Morgan fingerprint density at radius 2 is 2.00 bits per heavy atom. The molecule has 0 saturated carbocycles. The van der Waals surface area contributed by atoms with Gasteiger partial charge in [0.05, 0.1) is 6.54 Å². The summed E-state index contributed by atoms with van der Waals surface area (Å²) in [6, 6.07) is 0. The Balaban J connectivity index is 1.51. The van der Waals surface area contributed by atoms with E-state index in [1.807, 2.05) is 0 Å². The molecule has 1 atom stereocenters. The minimum atomic E-state index is 0.199. The number of nitrogens with one attached hydrogen (secondary N) is 1. The van der Waals surface area contributed by atoms with Crippen molar-refractivity contribution in [2.24, 2.45) is 5.92 Å². The Morgan fingerprint density at radius 3 is 2.68 bits per heavy atom. The summed E-state index contributed by atoms with van der Waals surface area (Å²) in [6.45, 7) is 5.43. The van der Waals surface area contributed by atoms with E-state index < -0.39 is 0 Å². The Labute approximate surface area is 116 Å². The zero-order valence-electron chi connectivity index (χ0n) is 12.0. The molecule has 4 heteroatoms. The second-order valence-corrected chi connectivity index (χ2v) is 5.91. The Kier molecular flexibility index (Phi) is 6.65. The van der Waals surface area contributed by atoms with Crippen LogP contribution in [0.25, 0.3) is 0 Å². The van der Waals surface area contributed by atoms with Gasteiger partial charge in [0.15, 0.2) is 0 Å². The summed E-state index contributed by atoms with van der Waals surface area (Å²) in [5, 5.41) is 3.05. The van der Waals surface area contributed by atoms with E-state index in [9.17, 15) is 4.79 Å². The molecule has 1 amide bonds. The molecule has 0 spiro atoms. The van der Waals surface area contributed by atoms with Gasteiger partial charge >= 0.3 is 0 Å². The van der Waals surface area contributed by atoms with Crippen LogP contribution in [0.2, 0.25) is 0 Å². The molecule has 0 bridgehead atoms. The quantitative estimate of drug-likeness (QED) is 0.747. The molecule has 0 aromatic heterocycles. The molecule has 4 nitrogen and oxygen atoms in total. The van der Waals surface area contributed by atoms with E-state index in [-0.39, 0.29) is 5.91 Å². The Hall–Kier alpha value is -0.610. The Bertz CT molecular complexity index is 257. The molecule has 0 aromatic rings. The average molecular weight is 268 g/mol. The number of hydrogen-bond donors (Lipinski definition) is 1. The average Bonchev–Trinajstić information content (AvgIpc) is 2.79. The van der Waals surface area contributed by atoms with Crippen molar-refractivity contribution < 1.29 is 9.53 Å². The first-order valence-corrected chi connectivity index (χ1v) is 7.91. The lowest BCUT2D eigenvalue weighted by Gasteiger charge is -2.19. The lowest BCUT2D eigenvalue weighted by atomic mass is 10.0. The fourth-order valence-electron chi connectivity index (χ4n) is 2.98. The van der Waals surface area contributed by atoms with Crippen LogP contribution < -0.4 is 5.32 Å². The fourth-order valence-corrected chi connectivity index (χ4v) is 2.98. The van der Waals surface area contributed by atoms with E-state index in [4.69, 9.17) is 4.74 Å². The minimum Gasteiger partial charge on any atom is -0.381 e. The van der Waals surface area contributed by atoms with Crippen molar-refractivity contribution in [3.63, 3.8) is 0 Å². The molecule has 0 aliphatic carbocycles. The molecule has 2 heterocycles. The van der Waals surface area contributed by atoms with Crippen molar-refractivity contribution in [3.05, 3.63) is 0 Å². The van der Waals surface area contributed by atoms with Crippen molar-refractivity contribution in [3.8, 4) is 0 Å². The van der Waals surface area contributed by atoms with Crippen molar-refractivity contribution in [1.29, 1.82) is 0 Å². The van der Waals surface area contributed by atoms with Crippen LogP contribution in [0.15, 0.2) is 0 Å². The third-order valence-electron chi connectivity index (χ3n) is 4.20. The summed E-state index contributed by atoms with van der Waals surface area (Å²) >= 11 is 0. The van der Waals surface area contributed by atoms with E-state index in [0.717, 1.165) is 45.2 Å². The zero-order valence-corrected chi connectivity index (χ0v) is 12.0. The van der Waals surface area contributed by atoms with Crippen molar-refractivity contribution in [2.75, 3.05) is 39.4 Å². The van der Waals surface area contributed by atoms with E-state index in [1.165, 1.54) is 38.5 Å². The summed E-state index contributed by atoms with van der Waals surface area (Å²) in [5.74, 6) is 0.923. The molecule has 0 radical (unpaired) electrons. The minimum absolute atomic E-state index is 0.199. The van der Waals surface area contributed by atoms with Crippen LogP contribution >= 0.6 is 0 Å². The predicted molar refractivity (Wildman–Crippen MR) is 76.1 cm³/mol. The van der Waals surface area contributed by atoms with Gasteiger partial charge in [-0.1, -0.05) is 12.8 Å². The van der Waals surface area contributed by atoms with Crippen LogP contribution in [-0.2, 0) is 9.53 Å². The lowest BCUT2D eigenvalue weighted by molar-refractivity contribution is -0.122. The van der Waals surface area contributed by atoms with E-state index in [1.54, 1.807) is 0 Å². The van der Waals surface area contributed by atoms with Crippen molar-refractivity contribution >= 4 is 5.91 Å². The van der Waals surface area contributed by atoms with Crippen LogP contribution in [0.1, 0.15) is 44.9 Å². The first-order chi connectivity index (χ1) is 9.34. The smallest absolute Gasteiger partial charge is 0.234 e. The van der Waals surface area contributed by atoms with E-state index >= 15 is 0 Å². The van der Waals surface area contributed by atoms with Gasteiger partial charge in [-0.05, 0) is 51.1 Å². The number of amides is 1. The van der Waals surface area contributed by atoms with E-state index in [0.29, 0.717) is 6.54 Å². The summed E-state index contributed by atoms with van der Waals surface area (Å²) in [4.78, 5) is 14.1.